The van der Waals surface area contributed by atoms with Crippen molar-refractivity contribution >= 4 is 16.6 Å². The van der Waals surface area contributed by atoms with E-state index < -0.39 is 0 Å². The summed E-state index contributed by atoms with van der Waals surface area (Å²) in [6.45, 7) is 8.25. The van der Waals surface area contributed by atoms with Gasteiger partial charge in [0, 0.05) is 36.1 Å². The molecule has 0 spiro atoms. The van der Waals surface area contributed by atoms with E-state index in [0.29, 0.717) is 0 Å². The van der Waals surface area contributed by atoms with Crippen LogP contribution in [-0.2, 0) is 7.05 Å². The second kappa shape index (κ2) is 10.7. The second-order valence-electron chi connectivity index (χ2n) is 6.63. The number of allylic oxidation sites excluding steroid dienone is 5. The van der Waals surface area contributed by atoms with Crippen molar-refractivity contribution in [3.05, 3.63) is 78.9 Å². The highest BCUT2D eigenvalue weighted by Gasteiger charge is 2.05. The summed E-state index contributed by atoms with van der Waals surface area (Å²) >= 11 is 0. The first-order valence-corrected chi connectivity index (χ1v) is 9.54. The van der Waals surface area contributed by atoms with Crippen molar-refractivity contribution in [2.45, 2.75) is 26.7 Å². The van der Waals surface area contributed by atoms with Crippen molar-refractivity contribution in [1.82, 2.24) is 14.8 Å². The SMILES string of the molecule is C#C.C=C(CCC(/C=C\C)=C/C)Nc1cc2cc(-c3cnn(C)c3)ccc2cn1. The molecule has 0 amide bonds. The third-order valence-corrected chi connectivity index (χ3v) is 4.53. The summed E-state index contributed by atoms with van der Waals surface area (Å²) in [5.41, 5.74) is 4.54. The maximum atomic E-state index is 4.52. The van der Waals surface area contributed by atoms with Crippen LogP contribution >= 0.6 is 0 Å². The van der Waals surface area contributed by atoms with Crippen molar-refractivity contribution in [2.24, 2.45) is 7.05 Å². The highest BCUT2D eigenvalue weighted by atomic mass is 15.2. The fourth-order valence-corrected chi connectivity index (χ4v) is 3.04. The molecule has 3 rings (SSSR count). The van der Waals surface area contributed by atoms with Crippen LogP contribution in [0, 0.1) is 12.8 Å². The minimum Gasteiger partial charge on any atom is -0.344 e. The topological polar surface area (TPSA) is 42.7 Å². The van der Waals surface area contributed by atoms with E-state index in [0.717, 1.165) is 46.3 Å². The van der Waals surface area contributed by atoms with Crippen molar-refractivity contribution in [2.75, 3.05) is 5.32 Å². The standard InChI is InChI=1S/C23H26N4.C2H2/c1-5-7-18(6-2)9-8-17(3)26-23-13-21-12-19(10-11-20(21)14-24-23)22-15-25-27(4)16-22;1-2/h5-7,10-16H,3,8-9H2,1-2,4H3,(H,24,26);1-2H/b7-5-,18-6+;. The van der Waals surface area contributed by atoms with Crippen molar-refractivity contribution < 1.29 is 0 Å². The average molecular weight is 385 g/mol. The molecule has 29 heavy (non-hydrogen) atoms. The lowest BCUT2D eigenvalue weighted by molar-refractivity contribution is 0.768. The van der Waals surface area contributed by atoms with Gasteiger partial charge in [0.2, 0.25) is 0 Å². The molecule has 0 aliphatic carbocycles. The Morgan fingerprint density at radius 3 is 2.55 bits per heavy atom. The fraction of sp³-hybridized carbons (Fsp3) is 0.200. The number of hydrogen-bond donors (Lipinski definition) is 1. The molecule has 0 saturated heterocycles. The van der Waals surface area contributed by atoms with Crippen LogP contribution in [-0.4, -0.2) is 14.8 Å². The summed E-state index contributed by atoms with van der Waals surface area (Å²) in [5.74, 6) is 0.823. The zero-order chi connectivity index (χ0) is 21.2. The van der Waals surface area contributed by atoms with Gasteiger partial charge < -0.3 is 5.32 Å². The summed E-state index contributed by atoms with van der Waals surface area (Å²) in [7, 11) is 1.93. The predicted octanol–water partition coefficient (Wildman–Crippen LogP) is 6.11. The molecule has 0 fully saturated rings. The van der Waals surface area contributed by atoms with Crippen LogP contribution in [0.25, 0.3) is 21.9 Å². The van der Waals surface area contributed by atoms with E-state index in [2.05, 4.69) is 84.2 Å². The lowest BCUT2D eigenvalue weighted by atomic mass is 10.0. The highest BCUT2D eigenvalue weighted by molar-refractivity contribution is 5.88. The molecule has 4 nitrogen and oxygen atoms in total. The highest BCUT2D eigenvalue weighted by Crippen LogP contribution is 2.25. The number of anilines is 1. The number of pyridine rings is 1. The van der Waals surface area contributed by atoms with E-state index in [1.54, 1.807) is 0 Å². The van der Waals surface area contributed by atoms with Gasteiger partial charge in [0.15, 0.2) is 0 Å². The van der Waals surface area contributed by atoms with Crippen LogP contribution < -0.4 is 5.32 Å². The summed E-state index contributed by atoms with van der Waals surface area (Å²) in [5, 5.41) is 9.86. The number of nitrogens with one attached hydrogen (secondary N) is 1. The Morgan fingerprint density at radius 1 is 1.10 bits per heavy atom. The van der Waals surface area contributed by atoms with E-state index in [9.17, 15) is 0 Å². The Hall–Kier alpha value is -3.58. The van der Waals surface area contributed by atoms with Gasteiger partial charge in [0.25, 0.3) is 0 Å². The molecular weight excluding hydrogens is 356 g/mol. The number of fused-ring (bicyclic) bond motifs is 1. The van der Waals surface area contributed by atoms with Gasteiger partial charge in [-0.15, -0.1) is 12.8 Å². The average Bonchev–Trinajstić information content (AvgIpc) is 3.18. The molecular formula is C25H28N4. The number of nitrogens with zero attached hydrogens (tertiary/aromatic N) is 3. The smallest absolute Gasteiger partial charge is 0.130 e. The maximum Gasteiger partial charge on any atom is 0.130 e. The quantitative estimate of drug-likeness (QED) is 0.394. The molecule has 0 bridgehead atoms. The number of benzene rings is 1. The molecule has 0 aliphatic rings. The first kappa shape index (κ1) is 21.7. The molecule has 0 aliphatic heterocycles. The molecule has 148 valence electrons. The van der Waals surface area contributed by atoms with Crippen LogP contribution in [0.2, 0.25) is 0 Å². The lowest BCUT2D eigenvalue weighted by Gasteiger charge is -2.10. The summed E-state index contributed by atoms with van der Waals surface area (Å²) in [6, 6.07) is 8.44. The number of rotatable bonds is 7. The van der Waals surface area contributed by atoms with Gasteiger partial charge in [0.05, 0.1) is 6.20 Å². The van der Waals surface area contributed by atoms with Crippen LogP contribution in [0.15, 0.2) is 78.9 Å². The molecule has 0 saturated carbocycles. The normalized spacial score (nSPS) is 11.3. The van der Waals surface area contributed by atoms with Gasteiger partial charge in [-0.2, -0.15) is 5.10 Å². The zero-order valence-corrected chi connectivity index (χ0v) is 17.4. The molecule has 2 heterocycles. The number of aryl methyl sites for hydroxylation is 1. The van der Waals surface area contributed by atoms with Crippen LogP contribution in [0.4, 0.5) is 5.82 Å². The number of hydrogen-bond acceptors (Lipinski definition) is 3. The van der Waals surface area contributed by atoms with E-state index >= 15 is 0 Å². The summed E-state index contributed by atoms with van der Waals surface area (Å²) < 4.78 is 1.82. The van der Waals surface area contributed by atoms with Gasteiger partial charge in [-0.1, -0.05) is 42.5 Å². The van der Waals surface area contributed by atoms with Gasteiger partial charge >= 0.3 is 0 Å². The predicted molar refractivity (Wildman–Crippen MR) is 124 cm³/mol. The second-order valence-corrected chi connectivity index (χ2v) is 6.63. The lowest BCUT2D eigenvalue weighted by Crippen LogP contribution is -2.00. The summed E-state index contributed by atoms with van der Waals surface area (Å²) in [4.78, 5) is 4.52. The molecule has 1 aromatic carbocycles. The van der Waals surface area contributed by atoms with E-state index in [4.69, 9.17) is 0 Å². The zero-order valence-electron chi connectivity index (χ0n) is 17.4. The van der Waals surface area contributed by atoms with E-state index in [-0.39, 0.29) is 0 Å². The third-order valence-electron chi connectivity index (χ3n) is 4.53. The third kappa shape index (κ3) is 5.95. The van der Waals surface area contributed by atoms with E-state index in [1.165, 1.54) is 5.57 Å². The van der Waals surface area contributed by atoms with Crippen LogP contribution in [0.5, 0.6) is 0 Å². The van der Waals surface area contributed by atoms with Crippen LogP contribution in [0.1, 0.15) is 26.7 Å². The maximum absolute atomic E-state index is 4.52. The fourth-order valence-electron chi connectivity index (χ4n) is 3.04. The molecule has 4 heteroatoms. The molecule has 0 unspecified atom stereocenters. The number of aromatic nitrogens is 3. The Balaban J connectivity index is 0.00000145. The molecule has 2 aromatic heterocycles. The van der Waals surface area contributed by atoms with Crippen molar-refractivity contribution in [3.63, 3.8) is 0 Å². The van der Waals surface area contributed by atoms with Crippen LogP contribution in [0.3, 0.4) is 0 Å². The first-order chi connectivity index (χ1) is 14.1. The summed E-state index contributed by atoms with van der Waals surface area (Å²) in [6.07, 6.45) is 22.0. The van der Waals surface area contributed by atoms with Crippen molar-refractivity contribution in [1.29, 1.82) is 0 Å². The Labute approximate surface area is 173 Å². The Kier molecular flexibility index (Phi) is 8.00. The molecule has 0 radical (unpaired) electrons. The van der Waals surface area contributed by atoms with Gasteiger partial charge in [-0.05, 0) is 49.8 Å². The van der Waals surface area contributed by atoms with Crippen molar-refractivity contribution in [3.8, 4) is 24.0 Å². The minimum absolute atomic E-state index is 0.823. The van der Waals surface area contributed by atoms with Gasteiger partial charge in [-0.3, -0.25) is 4.68 Å². The molecule has 3 aromatic rings. The minimum atomic E-state index is 0.823. The first-order valence-electron chi connectivity index (χ1n) is 9.54. The largest absolute Gasteiger partial charge is 0.344 e. The molecule has 1 N–H and O–H groups in total. The van der Waals surface area contributed by atoms with E-state index in [1.807, 2.05) is 37.2 Å². The Bertz CT molecular complexity index is 1050. The Morgan fingerprint density at radius 2 is 1.90 bits per heavy atom. The molecule has 0 atom stereocenters. The van der Waals surface area contributed by atoms with Gasteiger partial charge in [-0.25, -0.2) is 4.98 Å². The van der Waals surface area contributed by atoms with Gasteiger partial charge in [0.1, 0.15) is 5.82 Å². The monoisotopic (exact) mass is 384 g/mol. The number of terminal acetylenes is 1.